The highest BCUT2D eigenvalue weighted by Gasteiger charge is 2.42. The third-order valence-electron chi connectivity index (χ3n) is 6.21. The number of pyridine rings is 1. The van der Waals surface area contributed by atoms with Crippen LogP contribution >= 0.6 is 0 Å². The lowest BCUT2D eigenvalue weighted by Gasteiger charge is -2.15. The van der Waals surface area contributed by atoms with E-state index < -0.39 is 8.07 Å². The fourth-order valence-corrected chi connectivity index (χ4v) is 4.84. The first-order chi connectivity index (χ1) is 16.3. The van der Waals surface area contributed by atoms with Gasteiger partial charge in [-0.3, -0.25) is 4.79 Å². The Kier molecular flexibility index (Phi) is 7.05. The zero-order chi connectivity index (χ0) is 24.3. The fraction of sp³-hybridized carbons (Fsp3) is 0.423. The zero-order valence-corrected chi connectivity index (χ0v) is 21.3. The van der Waals surface area contributed by atoms with Gasteiger partial charge in [-0.25, -0.2) is 4.98 Å². The highest BCUT2D eigenvalue weighted by Crippen LogP contribution is 2.42. The van der Waals surface area contributed by atoms with E-state index in [2.05, 4.69) is 31.0 Å². The molecule has 0 saturated heterocycles. The van der Waals surface area contributed by atoms with Crippen molar-refractivity contribution >= 4 is 30.8 Å². The van der Waals surface area contributed by atoms with Crippen molar-refractivity contribution in [1.82, 2.24) is 9.55 Å². The molecule has 1 N–H and O–H groups in total. The Hall–Kier alpha value is -3.15. The molecule has 1 fully saturated rings. The molecule has 3 aromatic rings. The second-order valence-electron chi connectivity index (χ2n) is 10.1. The van der Waals surface area contributed by atoms with Crippen LogP contribution in [0.2, 0.25) is 25.7 Å². The lowest BCUT2D eigenvalue weighted by atomic mass is 10.0. The monoisotopic (exact) mass is 476 g/mol. The third kappa shape index (κ3) is 5.49. The molecule has 34 heavy (non-hydrogen) atoms. The van der Waals surface area contributed by atoms with Crippen LogP contribution in [0.5, 0.6) is 5.75 Å². The molecule has 0 unspecified atom stereocenters. The van der Waals surface area contributed by atoms with Crippen molar-refractivity contribution in [2.24, 2.45) is 11.8 Å². The van der Waals surface area contributed by atoms with E-state index in [1.54, 1.807) is 7.11 Å². The van der Waals surface area contributed by atoms with E-state index in [1.807, 2.05) is 47.2 Å². The molecule has 7 nitrogen and oxygen atoms in total. The second kappa shape index (κ2) is 10.00. The number of hydrogen-bond donors (Lipinski definition) is 1. The first kappa shape index (κ1) is 24.0. The van der Waals surface area contributed by atoms with Gasteiger partial charge in [0, 0.05) is 49.7 Å². The van der Waals surface area contributed by atoms with E-state index in [0.29, 0.717) is 25.6 Å². The summed E-state index contributed by atoms with van der Waals surface area (Å²) in [5.41, 5.74) is 2.73. The van der Waals surface area contributed by atoms with Crippen molar-refractivity contribution in [3.8, 4) is 22.9 Å². The minimum atomic E-state index is -1.19. The van der Waals surface area contributed by atoms with Gasteiger partial charge < -0.3 is 19.4 Å². The number of carbonyl (C=O) groups excluding carboxylic acids is 1. The maximum Gasteiger partial charge on any atom is 0.228 e. The molecule has 8 heteroatoms. The maximum atomic E-state index is 12.6. The van der Waals surface area contributed by atoms with Gasteiger partial charge in [-0.15, -0.1) is 0 Å². The summed E-state index contributed by atoms with van der Waals surface area (Å²) >= 11 is 0. The van der Waals surface area contributed by atoms with Gasteiger partial charge in [-0.2, -0.15) is 5.26 Å². The number of fused-ring (bicyclic) bond motifs is 1. The van der Waals surface area contributed by atoms with Gasteiger partial charge in [-0.1, -0.05) is 37.8 Å². The minimum absolute atomic E-state index is 0.0680. The van der Waals surface area contributed by atoms with Crippen molar-refractivity contribution in [3.63, 3.8) is 0 Å². The number of nitriles is 1. The summed E-state index contributed by atoms with van der Waals surface area (Å²) in [6.45, 7) is 8.08. The van der Waals surface area contributed by atoms with Crippen LogP contribution in [0.15, 0.2) is 42.6 Å². The molecule has 1 saturated carbocycles. The van der Waals surface area contributed by atoms with Crippen molar-refractivity contribution in [2.45, 2.75) is 45.3 Å². The number of hydrogen-bond acceptors (Lipinski definition) is 5. The highest BCUT2D eigenvalue weighted by atomic mass is 28.3. The molecule has 2 atom stereocenters. The molecule has 0 spiro atoms. The molecule has 1 amide bonds. The summed E-state index contributed by atoms with van der Waals surface area (Å²) in [7, 11) is 0.481. The molecular formula is C26H32N4O3Si. The number of para-hydroxylation sites is 1. The molecule has 1 aliphatic rings. The topological polar surface area (TPSA) is 89.2 Å². The van der Waals surface area contributed by atoms with Gasteiger partial charge in [0.15, 0.2) is 0 Å². The Bertz CT molecular complexity index is 1220. The number of aromatic nitrogens is 2. The number of rotatable bonds is 10. The molecule has 2 heterocycles. The molecule has 4 rings (SSSR count). The van der Waals surface area contributed by atoms with Gasteiger partial charge >= 0.3 is 0 Å². The summed E-state index contributed by atoms with van der Waals surface area (Å²) in [5.74, 6) is 1.29. The van der Waals surface area contributed by atoms with E-state index in [9.17, 15) is 4.79 Å². The van der Waals surface area contributed by atoms with Gasteiger partial charge in [0.25, 0.3) is 0 Å². The molecule has 178 valence electrons. The Morgan fingerprint density at radius 1 is 1.24 bits per heavy atom. The summed E-state index contributed by atoms with van der Waals surface area (Å²) < 4.78 is 13.6. The van der Waals surface area contributed by atoms with Gasteiger partial charge in [0.1, 0.15) is 23.9 Å². The Labute approximate surface area is 201 Å². The second-order valence-corrected chi connectivity index (χ2v) is 15.7. The SMILES string of the molecule is COc1ccccc1-c1cn(COCC[Si](C)(C)C)c2nc(NC(=O)[C@@H]3C[C@H]3CC#N)ccc12. The van der Waals surface area contributed by atoms with Gasteiger partial charge in [0.2, 0.25) is 5.91 Å². The predicted molar refractivity (Wildman–Crippen MR) is 136 cm³/mol. The first-order valence-corrected chi connectivity index (χ1v) is 15.4. The van der Waals surface area contributed by atoms with E-state index in [1.165, 1.54) is 0 Å². The van der Waals surface area contributed by atoms with Crippen LogP contribution in [0.25, 0.3) is 22.2 Å². The summed E-state index contributed by atoms with van der Waals surface area (Å²) in [6, 6.07) is 15.0. The maximum absolute atomic E-state index is 12.6. The largest absolute Gasteiger partial charge is 0.496 e. The number of nitrogens with one attached hydrogen (secondary N) is 1. The Morgan fingerprint density at radius 2 is 2.03 bits per heavy atom. The smallest absolute Gasteiger partial charge is 0.228 e. The Morgan fingerprint density at radius 3 is 2.76 bits per heavy atom. The van der Waals surface area contributed by atoms with Crippen LogP contribution in [0.1, 0.15) is 12.8 Å². The van der Waals surface area contributed by atoms with E-state index in [4.69, 9.17) is 19.7 Å². The van der Waals surface area contributed by atoms with Crippen molar-refractivity contribution in [1.29, 1.82) is 5.26 Å². The summed E-state index contributed by atoms with van der Waals surface area (Å²) in [5, 5.41) is 12.8. The molecule has 2 aromatic heterocycles. The van der Waals surface area contributed by atoms with Gasteiger partial charge in [0.05, 0.1) is 13.2 Å². The average molecular weight is 477 g/mol. The first-order valence-electron chi connectivity index (χ1n) is 11.7. The number of benzene rings is 1. The highest BCUT2D eigenvalue weighted by molar-refractivity contribution is 6.76. The van der Waals surface area contributed by atoms with Crippen molar-refractivity contribution in [3.05, 3.63) is 42.6 Å². The average Bonchev–Trinajstić information content (AvgIpc) is 3.49. The fourth-order valence-electron chi connectivity index (χ4n) is 4.09. The number of ether oxygens (including phenoxy) is 2. The van der Waals surface area contributed by atoms with Crippen molar-refractivity contribution in [2.75, 3.05) is 19.0 Å². The van der Waals surface area contributed by atoms with E-state index >= 15 is 0 Å². The quantitative estimate of drug-likeness (QED) is 0.308. The number of anilines is 1. The van der Waals surface area contributed by atoms with E-state index in [-0.39, 0.29) is 17.7 Å². The summed E-state index contributed by atoms with van der Waals surface area (Å²) in [6.07, 6.45) is 3.23. The molecular weight excluding hydrogens is 444 g/mol. The van der Waals surface area contributed by atoms with Crippen LogP contribution in [0, 0.1) is 23.2 Å². The minimum Gasteiger partial charge on any atom is -0.496 e. The number of methoxy groups -OCH3 is 1. The van der Waals surface area contributed by atoms with Crippen LogP contribution in [-0.4, -0.2) is 37.2 Å². The third-order valence-corrected chi connectivity index (χ3v) is 7.91. The normalized spacial score (nSPS) is 17.4. The van der Waals surface area contributed by atoms with E-state index in [0.717, 1.165) is 40.4 Å². The van der Waals surface area contributed by atoms with Crippen LogP contribution in [-0.2, 0) is 16.3 Å². The number of carbonyl (C=O) groups is 1. The molecule has 0 aliphatic heterocycles. The molecule has 1 aliphatic carbocycles. The predicted octanol–water partition coefficient (Wildman–Crippen LogP) is 5.51. The number of nitrogens with zero attached hydrogens (tertiary/aromatic N) is 3. The lowest BCUT2D eigenvalue weighted by Crippen LogP contribution is -2.22. The standard InChI is InChI=1S/C26H32N4O3Si/c1-32-23-8-6-5-7-19(23)22-16-30(17-33-13-14-34(2,3)4)25-20(22)9-10-24(28-25)29-26(31)21-15-18(21)11-12-27/h5-10,16,18,21H,11,13-15,17H2,1-4H3,(H,28,29,31)/t18-,21-/m1/s1. The van der Waals surface area contributed by atoms with Crippen LogP contribution in [0.4, 0.5) is 5.82 Å². The Balaban J connectivity index is 1.63. The van der Waals surface area contributed by atoms with Gasteiger partial charge in [-0.05, 0) is 36.6 Å². The molecule has 0 radical (unpaired) electrons. The lowest BCUT2D eigenvalue weighted by molar-refractivity contribution is -0.117. The number of amides is 1. The summed E-state index contributed by atoms with van der Waals surface area (Å²) in [4.78, 5) is 17.4. The molecule has 1 aromatic carbocycles. The van der Waals surface area contributed by atoms with Crippen LogP contribution in [0.3, 0.4) is 0 Å². The van der Waals surface area contributed by atoms with Crippen LogP contribution < -0.4 is 10.1 Å². The zero-order valence-electron chi connectivity index (χ0n) is 20.3. The van der Waals surface area contributed by atoms with Crippen molar-refractivity contribution < 1.29 is 14.3 Å². The molecule has 0 bridgehead atoms.